The minimum absolute atomic E-state index is 0.0669. The van der Waals surface area contributed by atoms with Crippen LogP contribution in [0.15, 0.2) is 90.7 Å². The van der Waals surface area contributed by atoms with Gasteiger partial charge in [-0.1, -0.05) is 0 Å². The minimum atomic E-state index is -5.86. The zero-order valence-corrected chi connectivity index (χ0v) is 26.3. The first-order valence-corrected chi connectivity index (χ1v) is 14.3. The van der Waals surface area contributed by atoms with E-state index in [-0.39, 0.29) is 52.4 Å². The van der Waals surface area contributed by atoms with Crippen molar-refractivity contribution >= 4 is 63.7 Å². The van der Waals surface area contributed by atoms with Crippen molar-refractivity contribution in [3.8, 4) is 34.5 Å². The Balaban J connectivity index is 1.89. The number of rotatable bonds is 6. The monoisotopic (exact) mass is 832 g/mol. The van der Waals surface area contributed by atoms with E-state index in [1.165, 1.54) is 48.5 Å². The van der Waals surface area contributed by atoms with Crippen molar-refractivity contribution in [3.63, 3.8) is 0 Å². The van der Waals surface area contributed by atoms with Gasteiger partial charge >= 0.3 is 12.4 Å². The van der Waals surface area contributed by atoms with Crippen molar-refractivity contribution < 1.29 is 46.0 Å². The van der Waals surface area contributed by atoms with Gasteiger partial charge in [0.25, 0.3) is 0 Å². The second-order valence-electron chi connectivity index (χ2n) is 8.48. The molecule has 0 spiro atoms. The molecule has 4 aromatic carbocycles. The fourth-order valence-corrected chi connectivity index (χ4v) is 6.69. The summed E-state index contributed by atoms with van der Waals surface area (Å²) in [5.41, 5.74) is -6.76. The van der Waals surface area contributed by atoms with Gasteiger partial charge in [-0.25, -0.2) is 0 Å². The molecule has 4 aromatic rings. The number of aromatic hydroxyl groups is 2. The Labute approximate surface area is 262 Å². The van der Waals surface area contributed by atoms with E-state index < -0.39 is 28.9 Å². The Bertz CT molecular complexity index is 1410. The second-order valence-corrected chi connectivity index (χ2v) is 11.9. The third-order valence-corrected chi connectivity index (χ3v) is 8.18. The predicted octanol–water partition coefficient (Wildman–Crippen LogP) is 11.1. The molecule has 0 heterocycles. The molecule has 4 nitrogen and oxygen atoms in total. The summed E-state index contributed by atoms with van der Waals surface area (Å²) in [6, 6.07) is 13.5. The lowest BCUT2D eigenvalue weighted by molar-refractivity contribution is -0.288. The quantitative estimate of drug-likeness (QED) is 0.190. The average molecular weight is 836 g/mol. The molecular formula is C27H14Br4F6O4. The van der Waals surface area contributed by atoms with E-state index in [2.05, 4.69) is 63.7 Å². The summed E-state index contributed by atoms with van der Waals surface area (Å²) in [5, 5.41) is 18.9. The molecule has 216 valence electrons. The number of hydrogen-bond acceptors (Lipinski definition) is 4. The molecule has 0 aliphatic rings. The Morgan fingerprint density at radius 3 is 1.00 bits per heavy atom. The minimum Gasteiger partial charge on any atom is -0.508 e. The highest BCUT2D eigenvalue weighted by Gasteiger charge is 2.72. The standard InChI is InChI=1S/C27H14Br4F6O4/c28-19-9-13(10-20(29)23(19)40-17-5-1-15(38)2-6-17)25(26(32,33)34,27(35,36)37)14-11-21(30)24(22(31)12-14)41-18-7-3-16(39)4-8-18/h1-12,38-39H. The SMILES string of the molecule is Oc1ccc(Oc2c(Br)cc(C(c3cc(Br)c(Oc4ccc(O)cc4)c(Br)c3)(C(F)(F)F)C(F)(F)F)cc2Br)cc1. The van der Waals surface area contributed by atoms with Gasteiger partial charge in [0.1, 0.15) is 23.0 Å². The van der Waals surface area contributed by atoms with Crippen LogP contribution in [0.25, 0.3) is 0 Å². The van der Waals surface area contributed by atoms with Crippen molar-refractivity contribution in [1.82, 2.24) is 0 Å². The molecule has 0 aliphatic carbocycles. The largest absolute Gasteiger partial charge is 0.508 e. The van der Waals surface area contributed by atoms with E-state index in [1.54, 1.807) is 0 Å². The summed E-state index contributed by atoms with van der Waals surface area (Å²) >= 11 is 12.2. The summed E-state index contributed by atoms with van der Waals surface area (Å²) in [5.74, 6) is 0.0415. The predicted molar refractivity (Wildman–Crippen MR) is 153 cm³/mol. The maximum absolute atomic E-state index is 14.8. The first-order chi connectivity index (χ1) is 19.0. The molecule has 0 atom stereocenters. The van der Waals surface area contributed by atoms with Crippen LogP contribution in [-0.4, -0.2) is 22.6 Å². The number of phenolic OH excluding ortho intramolecular Hbond substituents is 2. The number of halogens is 10. The molecule has 0 aromatic heterocycles. The lowest BCUT2D eigenvalue weighted by Gasteiger charge is -2.39. The molecule has 0 amide bonds. The van der Waals surface area contributed by atoms with Crippen LogP contribution in [0, 0.1) is 0 Å². The molecule has 0 radical (unpaired) electrons. The van der Waals surface area contributed by atoms with E-state index in [0.717, 1.165) is 0 Å². The third-order valence-electron chi connectivity index (χ3n) is 5.83. The second kappa shape index (κ2) is 11.7. The van der Waals surface area contributed by atoms with Gasteiger partial charge in [0.2, 0.25) is 5.41 Å². The molecule has 4 rings (SSSR count). The van der Waals surface area contributed by atoms with Gasteiger partial charge in [-0.3, -0.25) is 0 Å². The van der Waals surface area contributed by atoms with E-state index in [4.69, 9.17) is 9.47 Å². The molecule has 0 saturated carbocycles. The fraction of sp³-hybridized carbons (Fsp3) is 0.111. The van der Waals surface area contributed by atoms with Crippen LogP contribution in [0.5, 0.6) is 34.5 Å². The number of ether oxygens (including phenoxy) is 2. The average Bonchev–Trinajstić information content (AvgIpc) is 2.84. The van der Waals surface area contributed by atoms with Crippen LogP contribution in [0.4, 0.5) is 26.3 Å². The van der Waals surface area contributed by atoms with Crippen LogP contribution in [0.1, 0.15) is 11.1 Å². The van der Waals surface area contributed by atoms with E-state index in [9.17, 15) is 36.6 Å². The molecule has 41 heavy (non-hydrogen) atoms. The van der Waals surface area contributed by atoms with Crippen LogP contribution >= 0.6 is 63.7 Å². The first-order valence-electron chi connectivity index (χ1n) is 11.1. The van der Waals surface area contributed by atoms with Crippen molar-refractivity contribution in [2.45, 2.75) is 17.8 Å². The fourth-order valence-electron chi connectivity index (χ4n) is 3.99. The maximum Gasteiger partial charge on any atom is 0.411 e. The summed E-state index contributed by atoms with van der Waals surface area (Å²) in [6.07, 6.45) is -11.7. The Hall–Kier alpha value is -2.42. The topological polar surface area (TPSA) is 58.9 Å². The number of hydrogen-bond donors (Lipinski definition) is 2. The lowest BCUT2D eigenvalue weighted by Crippen LogP contribution is -2.54. The molecule has 0 bridgehead atoms. The number of alkyl halides is 6. The molecule has 2 N–H and O–H groups in total. The molecule has 0 aliphatic heterocycles. The smallest absolute Gasteiger partial charge is 0.411 e. The third kappa shape index (κ3) is 6.20. The number of phenols is 2. The first kappa shape index (κ1) is 31.5. The van der Waals surface area contributed by atoms with Crippen LogP contribution < -0.4 is 9.47 Å². The van der Waals surface area contributed by atoms with Gasteiger partial charge in [0, 0.05) is 0 Å². The van der Waals surface area contributed by atoms with Crippen molar-refractivity contribution in [2.75, 3.05) is 0 Å². The summed E-state index contributed by atoms with van der Waals surface area (Å²) in [6.45, 7) is 0. The van der Waals surface area contributed by atoms with Gasteiger partial charge in [-0.2, -0.15) is 26.3 Å². The zero-order valence-electron chi connectivity index (χ0n) is 19.9. The highest BCUT2D eigenvalue weighted by Crippen LogP contribution is 2.59. The zero-order chi connectivity index (χ0) is 30.3. The molecule has 0 fully saturated rings. The van der Waals surface area contributed by atoms with E-state index in [0.29, 0.717) is 24.3 Å². The highest BCUT2D eigenvalue weighted by molar-refractivity contribution is 9.11. The number of benzene rings is 4. The van der Waals surface area contributed by atoms with Gasteiger partial charge in [0.05, 0.1) is 17.9 Å². The van der Waals surface area contributed by atoms with Crippen molar-refractivity contribution in [3.05, 3.63) is 102 Å². The normalized spacial score (nSPS) is 12.3. The Kier molecular flexibility index (Phi) is 8.99. The maximum atomic E-state index is 14.8. The summed E-state index contributed by atoms with van der Waals surface area (Å²) < 4.78 is 99.6. The van der Waals surface area contributed by atoms with Crippen molar-refractivity contribution in [1.29, 1.82) is 0 Å². The molecular weight excluding hydrogens is 822 g/mol. The van der Waals surface area contributed by atoms with Gasteiger partial charge < -0.3 is 19.7 Å². The van der Waals surface area contributed by atoms with Crippen molar-refractivity contribution in [2.24, 2.45) is 0 Å². The molecule has 0 saturated heterocycles. The van der Waals surface area contributed by atoms with Gasteiger partial charge in [-0.05, 0) is 148 Å². The summed E-state index contributed by atoms with van der Waals surface area (Å²) in [7, 11) is 0. The van der Waals surface area contributed by atoms with E-state index >= 15 is 0 Å². The van der Waals surface area contributed by atoms with Crippen LogP contribution in [0.2, 0.25) is 0 Å². The Morgan fingerprint density at radius 2 is 0.756 bits per heavy atom. The molecule has 14 heteroatoms. The van der Waals surface area contributed by atoms with Crippen LogP contribution in [0.3, 0.4) is 0 Å². The van der Waals surface area contributed by atoms with Gasteiger partial charge in [-0.15, -0.1) is 0 Å². The summed E-state index contributed by atoms with van der Waals surface area (Å²) in [4.78, 5) is 0. The molecule has 0 unspecified atom stereocenters. The highest BCUT2D eigenvalue weighted by atomic mass is 79.9. The van der Waals surface area contributed by atoms with Crippen LogP contribution in [-0.2, 0) is 5.41 Å². The lowest BCUT2D eigenvalue weighted by atomic mass is 9.73. The Morgan fingerprint density at radius 1 is 0.488 bits per heavy atom. The van der Waals surface area contributed by atoms with Gasteiger partial charge in [0.15, 0.2) is 11.5 Å². The van der Waals surface area contributed by atoms with E-state index in [1.807, 2.05) is 0 Å².